The third kappa shape index (κ3) is 3.64. The van der Waals surface area contributed by atoms with Crippen LogP contribution in [0.2, 0.25) is 0 Å². The lowest BCUT2D eigenvalue weighted by atomic mass is 9.95. The number of methoxy groups -OCH3 is 1. The van der Waals surface area contributed by atoms with Gasteiger partial charge in [0.1, 0.15) is 5.75 Å². The first-order valence-corrected chi connectivity index (χ1v) is 7.48. The lowest BCUT2D eigenvalue weighted by Gasteiger charge is -2.19. The fourth-order valence-electron chi connectivity index (χ4n) is 2.72. The van der Waals surface area contributed by atoms with Gasteiger partial charge in [-0.15, -0.1) is 0 Å². The highest BCUT2D eigenvalue weighted by molar-refractivity contribution is 5.46. The van der Waals surface area contributed by atoms with Crippen molar-refractivity contribution in [1.82, 2.24) is 0 Å². The number of ether oxygens (including phenoxy) is 1. The zero-order valence-electron chi connectivity index (χ0n) is 13.4. The van der Waals surface area contributed by atoms with Gasteiger partial charge in [0.05, 0.1) is 7.11 Å². The summed E-state index contributed by atoms with van der Waals surface area (Å²) in [5, 5.41) is 0. The van der Waals surface area contributed by atoms with E-state index < -0.39 is 0 Å². The molecule has 0 aliphatic heterocycles. The van der Waals surface area contributed by atoms with Crippen molar-refractivity contribution in [3.63, 3.8) is 0 Å². The van der Waals surface area contributed by atoms with Gasteiger partial charge >= 0.3 is 0 Å². The molecule has 1 atom stereocenters. The van der Waals surface area contributed by atoms with Gasteiger partial charge in [-0.2, -0.15) is 0 Å². The minimum Gasteiger partial charge on any atom is -0.496 e. The van der Waals surface area contributed by atoms with Gasteiger partial charge in [-0.3, -0.25) is 0 Å². The Morgan fingerprint density at radius 3 is 2.52 bits per heavy atom. The maximum absolute atomic E-state index is 6.40. The monoisotopic (exact) mass is 283 g/mol. The first-order chi connectivity index (χ1) is 10.0. The minimum atomic E-state index is -0.000220. The molecule has 0 bridgehead atoms. The lowest BCUT2D eigenvalue weighted by Crippen LogP contribution is -2.13. The van der Waals surface area contributed by atoms with Crippen LogP contribution < -0.4 is 10.5 Å². The van der Waals surface area contributed by atoms with E-state index in [2.05, 4.69) is 57.2 Å². The van der Waals surface area contributed by atoms with Crippen LogP contribution in [0.25, 0.3) is 0 Å². The van der Waals surface area contributed by atoms with Gasteiger partial charge in [0.2, 0.25) is 0 Å². The van der Waals surface area contributed by atoms with E-state index in [1.54, 1.807) is 7.11 Å². The summed E-state index contributed by atoms with van der Waals surface area (Å²) in [5.41, 5.74) is 12.6. The van der Waals surface area contributed by atoms with Crippen molar-refractivity contribution in [2.24, 2.45) is 5.73 Å². The standard InChI is InChI=1S/C19H25NO/c1-13-6-5-7-16(12-13)9-11-18(20)17-10-8-14(2)15(3)19(17)21-4/h5-8,10,12,18H,9,11,20H2,1-4H3. The van der Waals surface area contributed by atoms with Crippen LogP contribution in [-0.4, -0.2) is 7.11 Å². The molecule has 2 N–H and O–H groups in total. The highest BCUT2D eigenvalue weighted by atomic mass is 16.5. The predicted molar refractivity (Wildman–Crippen MR) is 88.9 cm³/mol. The SMILES string of the molecule is COc1c(C(N)CCc2cccc(C)c2)ccc(C)c1C. The lowest BCUT2D eigenvalue weighted by molar-refractivity contribution is 0.400. The van der Waals surface area contributed by atoms with E-state index in [0.29, 0.717) is 0 Å². The Balaban J connectivity index is 2.13. The summed E-state index contributed by atoms with van der Waals surface area (Å²) in [5.74, 6) is 0.937. The molecule has 2 nitrogen and oxygen atoms in total. The van der Waals surface area contributed by atoms with Crippen molar-refractivity contribution in [3.05, 3.63) is 64.2 Å². The fraction of sp³-hybridized carbons (Fsp3) is 0.368. The molecule has 0 spiro atoms. The van der Waals surface area contributed by atoms with Crippen molar-refractivity contribution in [1.29, 1.82) is 0 Å². The molecule has 2 heteroatoms. The topological polar surface area (TPSA) is 35.2 Å². The molecule has 0 aromatic heterocycles. The fourth-order valence-corrected chi connectivity index (χ4v) is 2.72. The maximum atomic E-state index is 6.40. The van der Waals surface area contributed by atoms with Crippen molar-refractivity contribution in [2.45, 2.75) is 39.7 Å². The molecular weight excluding hydrogens is 258 g/mol. The quantitative estimate of drug-likeness (QED) is 0.890. The molecule has 2 aromatic rings. The van der Waals surface area contributed by atoms with E-state index in [1.165, 1.54) is 22.3 Å². The summed E-state index contributed by atoms with van der Waals surface area (Å²) in [6.45, 7) is 6.31. The molecule has 2 aromatic carbocycles. The number of rotatable bonds is 5. The Kier molecular flexibility index (Phi) is 5.03. The van der Waals surface area contributed by atoms with Gasteiger partial charge in [-0.25, -0.2) is 0 Å². The van der Waals surface area contributed by atoms with Crippen LogP contribution in [0.3, 0.4) is 0 Å². The van der Waals surface area contributed by atoms with Crippen LogP contribution in [0.1, 0.15) is 40.3 Å². The largest absolute Gasteiger partial charge is 0.496 e. The summed E-state index contributed by atoms with van der Waals surface area (Å²) < 4.78 is 5.57. The number of benzene rings is 2. The molecular formula is C19H25NO. The normalized spacial score (nSPS) is 12.2. The summed E-state index contributed by atoms with van der Waals surface area (Å²) in [7, 11) is 1.72. The number of hydrogen-bond acceptors (Lipinski definition) is 2. The predicted octanol–water partition coefficient (Wildman–Crippen LogP) is 4.25. The van der Waals surface area contributed by atoms with Crippen LogP contribution in [-0.2, 0) is 6.42 Å². The molecule has 0 heterocycles. The zero-order chi connectivity index (χ0) is 15.4. The van der Waals surface area contributed by atoms with Crippen LogP contribution in [0, 0.1) is 20.8 Å². The second kappa shape index (κ2) is 6.77. The molecule has 0 fully saturated rings. The second-order valence-electron chi connectivity index (χ2n) is 5.76. The first kappa shape index (κ1) is 15.6. The molecule has 0 saturated carbocycles. The van der Waals surface area contributed by atoms with E-state index in [-0.39, 0.29) is 6.04 Å². The minimum absolute atomic E-state index is 0.000220. The van der Waals surface area contributed by atoms with Gasteiger partial charge in [0.25, 0.3) is 0 Å². The molecule has 0 aliphatic carbocycles. The van der Waals surface area contributed by atoms with Gasteiger partial charge < -0.3 is 10.5 Å². The first-order valence-electron chi connectivity index (χ1n) is 7.48. The third-order valence-corrected chi connectivity index (χ3v) is 4.14. The molecule has 1 unspecified atom stereocenters. The van der Waals surface area contributed by atoms with Crippen molar-refractivity contribution in [3.8, 4) is 5.75 Å². The Bertz CT molecular complexity index is 619. The van der Waals surface area contributed by atoms with Gasteiger partial charge in [0, 0.05) is 11.6 Å². The van der Waals surface area contributed by atoms with E-state index >= 15 is 0 Å². The smallest absolute Gasteiger partial charge is 0.126 e. The number of nitrogens with two attached hydrogens (primary N) is 1. The van der Waals surface area contributed by atoms with E-state index in [9.17, 15) is 0 Å². The van der Waals surface area contributed by atoms with Crippen LogP contribution in [0.5, 0.6) is 5.75 Å². The van der Waals surface area contributed by atoms with Crippen molar-refractivity contribution < 1.29 is 4.74 Å². The molecule has 21 heavy (non-hydrogen) atoms. The highest BCUT2D eigenvalue weighted by Gasteiger charge is 2.15. The Morgan fingerprint density at radius 1 is 1.10 bits per heavy atom. The maximum Gasteiger partial charge on any atom is 0.126 e. The van der Waals surface area contributed by atoms with E-state index in [4.69, 9.17) is 10.5 Å². The van der Waals surface area contributed by atoms with Crippen molar-refractivity contribution in [2.75, 3.05) is 7.11 Å². The third-order valence-electron chi connectivity index (χ3n) is 4.14. The highest BCUT2D eigenvalue weighted by Crippen LogP contribution is 2.31. The average Bonchev–Trinajstić information content (AvgIpc) is 2.47. The summed E-state index contributed by atoms with van der Waals surface area (Å²) in [6.07, 6.45) is 1.90. The van der Waals surface area contributed by atoms with Gasteiger partial charge in [0.15, 0.2) is 0 Å². The molecule has 112 valence electrons. The summed E-state index contributed by atoms with van der Waals surface area (Å²) in [6, 6.07) is 12.8. The average molecular weight is 283 g/mol. The zero-order valence-corrected chi connectivity index (χ0v) is 13.4. The Hall–Kier alpha value is -1.80. The van der Waals surface area contributed by atoms with Crippen molar-refractivity contribution >= 4 is 0 Å². The van der Waals surface area contributed by atoms with Gasteiger partial charge in [-0.1, -0.05) is 42.0 Å². The summed E-state index contributed by atoms with van der Waals surface area (Å²) >= 11 is 0. The molecule has 0 radical (unpaired) electrons. The molecule has 2 rings (SSSR count). The molecule has 0 saturated heterocycles. The van der Waals surface area contributed by atoms with Crippen LogP contribution in [0.4, 0.5) is 0 Å². The number of hydrogen-bond donors (Lipinski definition) is 1. The Labute approximate surface area is 127 Å². The molecule has 0 aliphatic rings. The Morgan fingerprint density at radius 2 is 1.86 bits per heavy atom. The second-order valence-corrected chi connectivity index (χ2v) is 5.76. The summed E-state index contributed by atoms with van der Waals surface area (Å²) in [4.78, 5) is 0. The van der Waals surface area contributed by atoms with Crippen LogP contribution >= 0.6 is 0 Å². The van der Waals surface area contributed by atoms with Gasteiger partial charge in [-0.05, 0) is 50.3 Å². The van der Waals surface area contributed by atoms with E-state index in [1.807, 2.05) is 0 Å². The number of aryl methyl sites for hydroxylation is 3. The van der Waals surface area contributed by atoms with Crippen LogP contribution in [0.15, 0.2) is 36.4 Å². The molecule has 0 amide bonds. The van der Waals surface area contributed by atoms with E-state index in [0.717, 1.165) is 24.2 Å².